The number of carbonyl (C=O) groups excluding carboxylic acids is 1. The Morgan fingerprint density at radius 2 is 2.20 bits per heavy atom. The highest BCUT2D eigenvalue weighted by atomic mass is 32.1. The number of nitrogens with zero attached hydrogens (tertiary/aromatic N) is 2. The van der Waals surface area contributed by atoms with Gasteiger partial charge in [-0.3, -0.25) is 4.79 Å². The van der Waals surface area contributed by atoms with E-state index < -0.39 is 0 Å². The van der Waals surface area contributed by atoms with E-state index in [9.17, 15) is 4.79 Å². The van der Waals surface area contributed by atoms with Gasteiger partial charge < -0.3 is 9.73 Å². The van der Waals surface area contributed by atoms with Crippen LogP contribution in [0.4, 0.5) is 0 Å². The smallest absolute Gasteiger partial charge is 0.257 e. The molecule has 2 heterocycles. The van der Waals surface area contributed by atoms with Crippen molar-refractivity contribution in [3.63, 3.8) is 0 Å². The first kappa shape index (κ1) is 13.3. The standard InChI is InChI=1S/C14H17N3O2S/c18-12(15-10-5-2-1-3-6-10)9-13-16-17-14(19-13)11-7-4-8-20-11/h4,7-8,10H,1-3,5-6,9H2,(H,15,18). The third-order valence-electron chi connectivity index (χ3n) is 3.48. The van der Waals surface area contributed by atoms with E-state index in [1.165, 1.54) is 30.6 Å². The average Bonchev–Trinajstić information content (AvgIpc) is 3.10. The molecule has 1 saturated carbocycles. The normalized spacial score (nSPS) is 16.2. The molecule has 1 aliphatic rings. The molecule has 5 nitrogen and oxygen atoms in total. The topological polar surface area (TPSA) is 68.0 Å². The second kappa shape index (κ2) is 6.17. The van der Waals surface area contributed by atoms with Crippen molar-refractivity contribution in [2.75, 3.05) is 0 Å². The lowest BCUT2D eigenvalue weighted by Gasteiger charge is -2.22. The molecule has 3 rings (SSSR count). The van der Waals surface area contributed by atoms with Crippen molar-refractivity contribution in [1.29, 1.82) is 0 Å². The molecule has 106 valence electrons. The van der Waals surface area contributed by atoms with Crippen LogP contribution in [0.3, 0.4) is 0 Å². The predicted octanol–water partition coefficient (Wildman–Crippen LogP) is 2.79. The minimum absolute atomic E-state index is 0.0294. The van der Waals surface area contributed by atoms with Crippen LogP contribution in [0.15, 0.2) is 21.9 Å². The molecular weight excluding hydrogens is 274 g/mol. The molecule has 20 heavy (non-hydrogen) atoms. The van der Waals surface area contributed by atoms with Gasteiger partial charge in [0.05, 0.1) is 4.88 Å². The van der Waals surface area contributed by atoms with E-state index in [0.29, 0.717) is 17.8 Å². The molecule has 6 heteroatoms. The maximum Gasteiger partial charge on any atom is 0.257 e. The highest BCUT2D eigenvalue weighted by Gasteiger charge is 2.18. The number of rotatable bonds is 4. The second-order valence-electron chi connectivity index (χ2n) is 5.06. The van der Waals surface area contributed by atoms with Gasteiger partial charge >= 0.3 is 0 Å². The summed E-state index contributed by atoms with van der Waals surface area (Å²) in [5.41, 5.74) is 0. The largest absolute Gasteiger partial charge is 0.419 e. The molecule has 0 aromatic carbocycles. The summed E-state index contributed by atoms with van der Waals surface area (Å²) in [5.74, 6) is 0.834. The summed E-state index contributed by atoms with van der Waals surface area (Å²) in [6.45, 7) is 0. The maximum absolute atomic E-state index is 11.9. The van der Waals surface area contributed by atoms with Crippen molar-refractivity contribution >= 4 is 17.2 Å². The summed E-state index contributed by atoms with van der Waals surface area (Å²) in [4.78, 5) is 12.9. The number of amides is 1. The second-order valence-corrected chi connectivity index (χ2v) is 6.01. The molecule has 1 amide bonds. The lowest BCUT2D eigenvalue weighted by atomic mass is 9.95. The quantitative estimate of drug-likeness (QED) is 0.940. The van der Waals surface area contributed by atoms with E-state index in [4.69, 9.17) is 4.42 Å². The first-order valence-electron chi connectivity index (χ1n) is 6.97. The Balaban J connectivity index is 1.56. The number of hydrogen-bond acceptors (Lipinski definition) is 5. The van der Waals surface area contributed by atoms with Gasteiger partial charge in [-0.15, -0.1) is 21.5 Å². The highest BCUT2D eigenvalue weighted by Crippen LogP contribution is 2.23. The van der Waals surface area contributed by atoms with Crippen LogP contribution in [0.1, 0.15) is 38.0 Å². The fourth-order valence-corrected chi connectivity index (χ4v) is 3.13. The number of carbonyl (C=O) groups is 1. The van der Waals surface area contributed by atoms with E-state index in [1.807, 2.05) is 17.5 Å². The molecule has 1 N–H and O–H groups in total. The Hall–Kier alpha value is -1.69. The maximum atomic E-state index is 11.9. The lowest BCUT2D eigenvalue weighted by molar-refractivity contribution is -0.121. The summed E-state index contributed by atoms with van der Waals surface area (Å²) >= 11 is 1.54. The Morgan fingerprint density at radius 3 is 2.95 bits per heavy atom. The third kappa shape index (κ3) is 3.25. The van der Waals surface area contributed by atoms with Crippen molar-refractivity contribution in [3.05, 3.63) is 23.4 Å². The van der Waals surface area contributed by atoms with Gasteiger partial charge in [0.1, 0.15) is 6.42 Å². The Morgan fingerprint density at radius 1 is 1.35 bits per heavy atom. The van der Waals surface area contributed by atoms with Crippen molar-refractivity contribution in [1.82, 2.24) is 15.5 Å². The molecule has 0 radical (unpaired) electrons. The van der Waals surface area contributed by atoms with Crippen molar-refractivity contribution in [2.24, 2.45) is 0 Å². The van der Waals surface area contributed by atoms with Gasteiger partial charge in [0, 0.05) is 6.04 Å². The van der Waals surface area contributed by atoms with Gasteiger partial charge in [-0.2, -0.15) is 0 Å². The molecule has 2 aromatic rings. The fraction of sp³-hybridized carbons (Fsp3) is 0.500. The number of nitrogens with one attached hydrogen (secondary N) is 1. The zero-order valence-corrected chi connectivity index (χ0v) is 12.0. The lowest BCUT2D eigenvalue weighted by Crippen LogP contribution is -2.37. The van der Waals surface area contributed by atoms with Crippen LogP contribution >= 0.6 is 11.3 Å². The van der Waals surface area contributed by atoms with Crippen LogP contribution in [0, 0.1) is 0 Å². The van der Waals surface area contributed by atoms with Crippen LogP contribution in [0.5, 0.6) is 0 Å². The van der Waals surface area contributed by atoms with Gasteiger partial charge in [-0.1, -0.05) is 25.3 Å². The van der Waals surface area contributed by atoms with E-state index >= 15 is 0 Å². The molecule has 1 aliphatic carbocycles. The zero-order chi connectivity index (χ0) is 13.8. The first-order chi connectivity index (χ1) is 9.81. The van der Waals surface area contributed by atoms with Crippen LogP contribution in [0.25, 0.3) is 10.8 Å². The summed E-state index contributed by atoms with van der Waals surface area (Å²) in [6.07, 6.45) is 6.00. The van der Waals surface area contributed by atoms with Crippen LogP contribution < -0.4 is 5.32 Å². The Labute approximate surface area is 121 Å². The van der Waals surface area contributed by atoms with Crippen LogP contribution in [-0.2, 0) is 11.2 Å². The molecule has 0 unspecified atom stereocenters. The van der Waals surface area contributed by atoms with Gasteiger partial charge in [0.2, 0.25) is 11.8 Å². The van der Waals surface area contributed by atoms with E-state index in [-0.39, 0.29) is 12.3 Å². The fourth-order valence-electron chi connectivity index (χ4n) is 2.49. The monoisotopic (exact) mass is 291 g/mol. The summed E-state index contributed by atoms with van der Waals surface area (Å²) in [7, 11) is 0. The van der Waals surface area contributed by atoms with Crippen molar-refractivity contribution in [2.45, 2.75) is 44.6 Å². The average molecular weight is 291 g/mol. The van der Waals surface area contributed by atoms with Gasteiger partial charge in [-0.05, 0) is 24.3 Å². The Bertz CT molecular complexity index is 559. The van der Waals surface area contributed by atoms with Gasteiger partial charge in [0.15, 0.2) is 0 Å². The first-order valence-corrected chi connectivity index (χ1v) is 7.85. The van der Waals surface area contributed by atoms with Crippen LogP contribution in [-0.4, -0.2) is 22.1 Å². The molecule has 0 atom stereocenters. The summed E-state index contributed by atoms with van der Waals surface area (Å²) < 4.78 is 5.52. The highest BCUT2D eigenvalue weighted by molar-refractivity contribution is 7.13. The molecule has 0 bridgehead atoms. The Kier molecular flexibility index (Phi) is 4.11. The molecule has 0 aliphatic heterocycles. The van der Waals surface area contributed by atoms with E-state index in [2.05, 4.69) is 15.5 Å². The summed E-state index contributed by atoms with van der Waals surface area (Å²) in [5, 5.41) is 12.9. The van der Waals surface area contributed by atoms with Gasteiger partial charge in [0.25, 0.3) is 5.89 Å². The molecule has 1 fully saturated rings. The third-order valence-corrected chi connectivity index (χ3v) is 4.34. The zero-order valence-electron chi connectivity index (χ0n) is 11.2. The van der Waals surface area contributed by atoms with E-state index in [0.717, 1.165) is 17.7 Å². The SMILES string of the molecule is O=C(Cc1nnc(-c2cccs2)o1)NC1CCCCC1. The predicted molar refractivity (Wildman–Crippen MR) is 76.3 cm³/mol. The number of thiophene rings is 1. The summed E-state index contributed by atoms with van der Waals surface area (Å²) in [6, 6.07) is 4.17. The van der Waals surface area contributed by atoms with Gasteiger partial charge in [-0.25, -0.2) is 0 Å². The number of aromatic nitrogens is 2. The van der Waals surface area contributed by atoms with Crippen molar-refractivity contribution in [3.8, 4) is 10.8 Å². The molecular formula is C14H17N3O2S. The molecule has 0 saturated heterocycles. The minimum atomic E-state index is -0.0294. The minimum Gasteiger partial charge on any atom is -0.419 e. The van der Waals surface area contributed by atoms with Crippen LogP contribution in [0.2, 0.25) is 0 Å². The molecule has 0 spiro atoms. The number of hydrogen-bond donors (Lipinski definition) is 1. The van der Waals surface area contributed by atoms with E-state index in [1.54, 1.807) is 0 Å². The molecule has 2 aromatic heterocycles. The van der Waals surface area contributed by atoms with Crippen molar-refractivity contribution < 1.29 is 9.21 Å².